The molecular weight excluding hydrogens is 360 g/mol. The lowest BCUT2D eigenvalue weighted by molar-refractivity contribution is 0.117. The van der Waals surface area contributed by atoms with Gasteiger partial charge in [-0.1, -0.05) is 0 Å². The van der Waals surface area contributed by atoms with Gasteiger partial charge in [0.05, 0.1) is 6.54 Å². The quantitative estimate of drug-likeness (QED) is 0.748. The Morgan fingerprint density at radius 2 is 2.19 bits per heavy atom. The Kier molecular flexibility index (Phi) is 5.44. The van der Waals surface area contributed by atoms with Gasteiger partial charge >= 0.3 is 0 Å². The molecule has 0 bridgehead atoms. The van der Waals surface area contributed by atoms with E-state index >= 15 is 0 Å². The molecule has 21 heavy (non-hydrogen) atoms. The Hall–Kier alpha value is -0.450. The van der Waals surface area contributed by atoms with E-state index in [2.05, 4.69) is 30.5 Å². The second-order valence-corrected chi connectivity index (χ2v) is 7.76. The maximum absolute atomic E-state index is 12.3. The van der Waals surface area contributed by atoms with Crippen LogP contribution in [0.5, 0.6) is 0 Å². The highest BCUT2D eigenvalue weighted by Gasteiger charge is 2.26. The Labute approximate surface area is 133 Å². The zero-order valence-corrected chi connectivity index (χ0v) is 14.6. The Balaban J connectivity index is 2.05. The minimum atomic E-state index is -3.61. The topological polar surface area (TPSA) is 91.8 Å². The first-order valence-electron chi connectivity index (χ1n) is 6.70. The van der Waals surface area contributed by atoms with E-state index in [0.717, 1.165) is 19.6 Å². The van der Waals surface area contributed by atoms with Crippen molar-refractivity contribution in [2.75, 3.05) is 40.3 Å². The summed E-state index contributed by atoms with van der Waals surface area (Å²) in [5.74, 6) is 0.428. The number of piperazine rings is 1. The zero-order valence-electron chi connectivity index (χ0n) is 12.2. The molecule has 0 saturated carbocycles. The smallest absolute Gasteiger partial charge is 0.245 e. The molecule has 0 aliphatic carbocycles. The van der Waals surface area contributed by atoms with Crippen LogP contribution in [0.2, 0.25) is 0 Å². The zero-order chi connectivity index (χ0) is 15.6. The monoisotopic (exact) mass is 380 g/mol. The fraction of sp³-hybridized carbons (Fsp3) is 0.667. The standard InChI is InChI=1S/C12H21BrN4O3S/c1-16-3-4-17(2)9(8-16)7-15-21(18,19)11-5-10(6-14)20-12(11)13/h5,9,15H,3-4,6-8,14H2,1-2H3. The van der Waals surface area contributed by atoms with E-state index in [4.69, 9.17) is 10.2 Å². The fourth-order valence-corrected chi connectivity index (χ4v) is 4.36. The summed E-state index contributed by atoms with van der Waals surface area (Å²) < 4.78 is 32.7. The molecule has 1 unspecified atom stereocenters. The highest BCUT2D eigenvalue weighted by atomic mass is 79.9. The summed E-state index contributed by atoms with van der Waals surface area (Å²) in [4.78, 5) is 4.45. The molecule has 9 heteroatoms. The SMILES string of the molecule is CN1CCN(C)C(CNS(=O)(=O)c2cc(CN)oc2Br)C1. The number of halogens is 1. The van der Waals surface area contributed by atoms with Gasteiger partial charge in [-0.2, -0.15) is 0 Å². The van der Waals surface area contributed by atoms with Crippen LogP contribution in [-0.4, -0.2) is 64.5 Å². The Bertz CT molecular complexity index is 589. The average molecular weight is 381 g/mol. The molecule has 0 amide bonds. The van der Waals surface area contributed by atoms with Crippen molar-refractivity contribution in [2.45, 2.75) is 17.5 Å². The molecule has 1 aromatic heterocycles. The van der Waals surface area contributed by atoms with Gasteiger partial charge in [-0.05, 0) is 30.0 Å². The third kappa shape index (κ3) is 4.05. The van der Waals surface area contributed by atoms with Crippen molar-refractivity contribution in [3.8, 4) is 0 Å². The number of sulfonamides is 1. The largest absolute Gasteiger partial charge is 0.452 e. The van der Waals surface area contributed by atoms with E-state index in [1.165, 1.54) is 6.07 Å². The molecule has 1 fully saturated rings. The van der Waals surface area contributed by atoms with E-state index in [0.29, 0.717) is 12.3 Å². The number of hydrogen-bond donors (Lipinski definition) is 2. The predicted molar refractivity (Wildman–Crippen MR) is 83.4 cm³/mol. The van der Waals surface area contributed by atoms with Crippen molar-refractivity contribution in [2.24, 2.45) is 5.73 Å². The summed E-state index contributed by atoms with van der Waals surface area (Å²) in [7, 11) is 0.431. The minimum Gasteiger partial charge on any atom is -0.452 e. The van der Waals surface area contributed by atoms with Gasteiger partial charge in [-0.25, -0.2) is 13.1 Å². The van der Waals surface area contributed by atoms with E-state index < -0.39 is 10.0 Å². The van der Waals surface area contributed by atoms with Crippen LogP contribution in [0.3, 0.4) is 0 Å². The van der Waals surface area contributed by atoms with Crippen LogP contribution in [0, 0.1) is 0 Å². The number of hydrogen-bond acceptors (Lipinski definition) is 6. The van der Waals surface area contributed by atoms with Gasteiger partial charge in [0.25, 0.3) is 0 Å². The maximum Gasteiger partial charge on any atom is 0.245 e. The van der Waals surface area contributed by atoms with Crippen molar-refractivity contribution >= 4 is 26.0 Å². The summed E-state index contributed by atoms with van der Waals surface area (Å²) in [5.41, 5.74) is 5.46. The first-order chi connectivity index (χ1) is 9.83. The molecule has 120 valence electrons. The van der Waals surface area contributed by atoms with Gasteiger partial charge in [-0.3, -0.25) is 4.90 Å². The van der Waals surface area contributed by atoms with Crippen molar-refractivity contribution in [1.29, 1.82) is 0 Å². The van der Waals surface area contributed by atoms with Crippen molar-refractivity contribution in [3.05, 3.63) is 16.5 Å². The minimum absolute atomic E-state index is 0.0924. The van der Waals surface area contributed by atoms with Crippen molar-refractivity contribution in [3.63, 3.8) is 0 Å². The second kappa shape index (κ2) is 6.76. The van der Waals surface area contributed by atoms with Crippen LogP contribution in [0.25, 0.3) is 0 Å². The fourth-order valence-electron chi connectivity index (χ4n) is 2.29. The highest BCUT2D eigenvalue weighted by Crippen LogP contribution is 2.25. The molecule has 0 radical (unpaired) electrons. The number of likely N-dealkylation sites (N-methyl/N-ethyl adjacent to an activating group) is 2. The van der Waals surface area contributed by atoms with Crippen molar-refractivity contribution in [1.82, 2.24) is 14.5 Å². The Morgan fingerprint density at radius 3 is 2.81 bits per heavy atom. The lowest BCUT2D eigenvalue weighted by atomic mass is 10.2. The van der Waals surface area contributed by atoms with Crippen LogP contribution in [0.15, 0.2) is 20.0 Å². The lowest BCUT2D eigenvalue weighted by Crippen LogP contribution is -2.54. The third-order valence-electron chi connectivity index (χ3n) is 3.69. The number of nitrogens with two attached hydrogens (primary N) is 1. The first-order valence-corrected chi connectivity index (χ1v) is 8.98. The van der Waals surface area contributed by atoms with Crippen LogP contribution in [0.4, 0.5) is 0 Å². The molecule has 1 aliphatic heterocycles. The predicted octanol–water partition coefficient (Wildman–Crippen LogP) is 0.0249. The number of furan rings is 1. The molecule has 0 spiro atoms. The number of nitrogens with zero attached hydrogens (tertiary/aromatic N) is 2. The van der Waals surface area contributed by atoms with E-state index in [-0.39, 0.29) is 22.2 Å². The molecule has 1 aliphatic rings. The van der Waals surface area contributed by atoms with Crippen molar-refractivity contribution < 1.29 is 12.8 Å². The lowest BCUT2D eigenvalue weighted by Gasteiger charge is -2.37. The van der Waals surface area contributed by atoms with E-state index in [1.807, 2.05) is 14.1 Å². The molecule has 1 saturated heterocycles. The molecule has 2 rings (SSSR count). The highest BCUT2D eigenvalue weighted by molar-refractivity contribution is 9.10. The summed E-state index contributed by atoms with van der Waals surface area (Å²) in [6.45, 7) is 3.27. The van der Waals surface area contributed by atoms with Gasteiger partial charge in [-0.15, -0.1) is 0 Å². The van der Waals surface area contributed by atoms with E-state index in [1.54, 1.807) is 0 Å². The molecule has 1 atom stereocenters. The molecular formula is C12H21BrN4O3S. The van der Waals surface area contributed by atoms with Crippen LogP contribution >= 0.6 is 15.9 Å². The molecule has 7 nitrogen and oxygen atoms in total. The Morgan fingerprint density at radius 1 is 1.48 bits per heavy atom. The van der Waals surface area contributed by atoms with Crippen LogP contribution in [0.1, 0.15) is 5.76 Å². The van der Waals surface area contributed by atoms with Gasteiger partial charge < -0.3 is 15.1 Å². The van der Waals surface area contributed by atoms with E-state index in [9.17, 15) is 8.42 Å². The van der Waals surface area contributed by atoms with Gasteiger partial charge in [0, 0.05) is 38.3 Å². The van der Waals surface area contributed by atoms with Gasteiger partial charge in [0.1, 0.15) is 10.7 Å². The average Bonchev–Trinajstić information content (AvgIpc) is 2.82. The van der Waals surface area contributed by atoms with Gasteiger partial charge in [0.15, 0.2) is 4.67 Å². The summed E-state index contributed by atoms with van der Waals surface area (Å²) in [5, 5.41) is 0. The number of rotatable bonds is 5. The molecule has 2 heterocycles. The summed E-state index contributed by atoms with van der Waals surface area (Å²) in [6.07, 6.45) is 0. The number of nitrogens with one attached hydrogen (secondary N) is 1. The van der Waals surface area contributed by atoms with Gasteiger partial charge in [0.2, 0.25) is 10.0 Å². The normalized spacial score (nSPS) is 21.8. The third-order valence-corrected chi connectivity index (χ3v) is 5.97. The molecule has 3 N–H and O–H groups in total. The van der Waals surface area contributed by atoms with Crippen LogP contribution < -0.4 is 10.5 Å². The second-order valence-electron chi connectivity index (χ2n) is 5.30. The summed E-state index contributed by atoms with van der Waals surface area (Å²) in [6, 6.07) is 1.60. The summed E-state index contributed by atoms with van der Waals surface area (Å²) >= 11 is 3.12. The molecule has 0 aromatic carbocycles. The first kappa shape index (κ1) is 16.9. The van der Waals surface area contributed by atoms with Crippen LogP contribution in [-0.2, 0) is 16.6 Å². The maximum atomic E-state index is 12.3. The molecule has 1 aromatic rings.